The molecule has 0 bridgehead atoms. The first kappa shape index (κ1) is 11.6. The highest BCUT2D eigenvalue weighted by molar-refractivity contribution is 6.28. The number of benzene rings is 1. The zero-order valence-corrected chi connectivity index (χ0v) is 9.29. The first-order valence-electron chi connectivity index (χ1n) is 4.40. The smallest absolute Gasteiger partial charge is 0.126 e. The Kier molecular flexibility index (Phi) is 4.18. The fourth-order valence-corrected chi connectivity index (χ4v) is 1.21. The predicted molar refractivity (Wildman–Crippen MR) is 65.1 cm³/mol. The summed E-state index contributed by atoms with van der Waals surface area (Å²) in [6.07, 6.45) is 1.70. The van der Waals surface area contributed by atoms with Crippen molar-refractivity contribution >= 4 is 29.2 Å². The number of amidine groups is 1. The van der Waals surface area contributed by atoms with Gasteiger partial charge in [-0.25, -0.2) is 4.99 Å². The van der Waals surface area contributed by atoms with Gasteiger partial charge in [-0.2, -0.15) is 0 Å². The van der Waals surface area contributed by atoms with Gasteiger partial charge < -0.3 is 10.5 Å². The first-order chi connectivity index (χ1) is 7.21. The van der Waals surface area contributed by atoms with E-state index >= 15 is 0 Å². The van der Waals surface area contributed by atoms with E-state index in [9.17, 15) is 0 Å². The highest BCUT2D eigenvalue weighted by Crippen LogP contribution is 2.25. The van der Waals surface area contributed by atoms with Crippen LogP contribution in [0.15, 0.2) is 29.8 Å². The number of methoxy groups -OCH3 is 1. The van der Waals surface area contributed by atoms with Gasteiger partial charge >= 0.3 is 0 Å². The third kappa shape index (κ3) is 2.99. The molecule has 3 nitrogen and oxygen atoms in total. The Bertz CT molecular complexity index is 388. The van der Waals surface area contributed by atoms with Gasteiger partial charge in [0.05, 0.1) is 18.7 Å². The molecule has 0 heterocycles. The maximum Gasteiger partial charge on any atom is 0.126 e. The maximum absolute atomic E-state index is 5.53. The Morgan fingerprint density at radius 1 is 1.67 bits per heavy atom. The average molecular weight is 225 g/mol. The van der Waals surface area contributed by atoms with E-state index in [1.165, 1.54) is 0 Å². The van der Waals surface area contributed by atoms with Gasteiger partial charge in [-0.1, -0.05) is 12.7 Å². The molecule has 0 saturated carbocycles. The van der Waals surface area contributed by atoms with Crippen molar-refractivity contribution in [1.29, 1.82) is 0 Å². The number of hydrogen-bond acceptors (Lipinski definition) is 2. The van der Waals surface area contributed by atoms with E-state index in [2.05, 4.69) is 11.6 Å². The Hall–Kier alpha value is -1.48. The molecule has 0 aliphatic carbocycles. The number of rotatable bonds is 4. The van der Waals surface area contributed by atoms with E-state index in [-0.39, 0.29) is 5.88 Å². The molecule has 0 spiro atoms. The fourth-order valence-electron chi connectivity index (χ4n) is 1.15. The summed E-state index contributed by atoms with van der Waals surface area (Å²) in [5.41, 5.74) is 7.14. The number of ether oxygens (including phenoxy) is 1. The van der Waals surface area contributed by atoms with Gasteiger partial charge in [0.15, 0.2) is 0 Å². The molecule has 0 radical (unpaired) electrons. The Balaban J connectivity index is 3.08. The van der Waals surface area contributed by atoms with Crippen LogP contribution in [0.2, 0.25) is 0 Å². The van der Waals surface area contributed by atoms with Gasteiger partial charge in [0.25, 0.3) is 0 Å². The molecule has 0 atom stereocenters. The molecule has 1 aromatic rings. The Labute approximate surface area is 94.2 Å². The lowest BCUT2D eigenvalue weighted by molar-refractivity contribution is 0.414. The van der Waals surface area contributed by atoms with E-state index in [0.29, 0.717) is 5.84 Å². The third-order valence-electron chi connectivity index (χ3n) is 1.84. The lowest BCUT2D eigenvalue weighted by atomic mass is 10.2. The summed E-state index contributed by atoms with van der Waals surface area (Å²) < 4.78 is 5.15. The van der Waals surface area contributed by atoms with Crippen LogP contribution in [0, 0.1) is 0 Å². The lowest BCUT2D eigenvalue weighted by Gasteiger charge is -2.05. The predicted octanol–water partition coefficient (Wildman–Crippen LogP) is 2.57. The van der Waals surface area contributed by atoms with Crippen LogP contribution in [0.25, 0.3) is 6.08 Å². The standard InChI is InChI=1S/C11H13ClN2O/c1-3-8-6-9(14-11(13)7-12)4-5-10(8)15-2/h3-6H,1,7H2,2H3,(H2,13,14). The van der Waals surface area contributed by atoms with E-state index < -0.39 is 0 Å². The van der Waals surface area contributed by atoms with Crippen LogP contribution in [0.1, 0.15) is 5.56 Å². The van der Waals surface area contributed by atoms with Crippen LogP contribution in [0.3, 0.4) is 0 Å². The van der Waals surface area contributed by atoms with Crippen LogP contribution in [-0.4, -0.2) is 18.8 Å². The molecule has 15 heavy (non-hydrogen) atoms. The first-order valence-corrected chi connectivity index (χ1v) is 4.94. The van der Waals surface area contributed by atoms with Crippen molar-refractivity contribution < 1.29 is 4.74 Å². The zero-order valence-electron chi connectivity index (χ0n) is 8.53. The summed E-state index contributed by atoms with van der Waals surface area (Å²) in [6.45, 7) is 3.69. The average Bonchev–Trinajstić information content (AvgIpc) is 2.28. The molecule has 1 rings (SSSR count). The molecule has 0 unspecified atom stereocenters. The summed E-state index contributed by atoms with van der Waals surface area (Å²) in [7, 11) is 1.61. The van der Waals surface area contributed by atoms with Crippen molar-refractivity contribution in [2.24, 2.45) is 10.7 Å². The number of hydrogen-bond donors (Lipinski definition) is 1. The Morgan fingerprint density at radius 3 is 2.93 bits per heavy atom. The van der Waals surface area contributed by atoms with Crippen molar-refractivity contribution in [2.75, 3.05) is 13.0 Å². The Morgan fingerprint density at radius 2 is 2.40 bits per heavy atom. The third-order valence-corrected chi connectivity index (χ3v) is 2.12. The van der Waals surface area contributed by atoms with E-state index in [1.54, 1.807) is 13.2 Å². The van der Waals surface area contributed by atoms with Crippen molar-refractivity contribution in [2.45, 2.75) is 0 Å². The molecule has 80 valence electrons. The molecule has 2 N–H and O–H groups in total. The van der Waals surface area contributed by atoms with Crippen LogP contribution in [0.4, 0.5) is 5.69 Å². The van der Waals surface area contributed by atoms with E-state index in [0.717, 1.165) is 17.0 Å². The van der Waals surface area contributed by atoms with Crippen LogP contribution >= 0.6 is 11.6 Å². The van der Waals surface area contributed by atoms with E-state index in [4.69, 9.17) is 22.1 Å². The van der Waals surface area contributed by atoms with Gasteiger partial charge in [-0.3, -0.25) is 0 Å². The topological polar surface area (TPSA) is 47.6 Å². The number of nitrogens with two attached hydrogens (primary N) is 1. The summed E-state index contributed by atoms with van der Waals surface area (Å²) in [6, 6.07) is 5.47. The maximum atomic E-state index is 5.53. The highest BCUT2D eigenvalue weighted by Gasteiger charge is 2.00. The summed E-state index contributed by atoms with van der Waals surface area (Å²) in [5.74, 6) is 1.36. The zero-order chi connectivity index (χ0) is 11.3. The second-order valence-corrected chi connectivity index (χ2v) is 3.13. The van der Waals surface area contributed by atoms with Crippen LogP contribution in [-0.2, 0) is 0 Å². The summed E-state index contributed by atoms with van der Waals surface area (Å²) in [4.78, 5) is 4.12. The van der Waals surface area contributed by atoms with Crippen molar-refractivity contribution in [3.8, 4) is 5.75 Å². The van der Waals surface area contributed by atoms with Crippen LogP contribution in [0.5, 0.6) is 5.75 Å². The minimum absolute atomic E-state index is 0.218. The largest absolute Gasteiger partial charge is 0.496 e. The molecular formula is C11H13ClN2O. The molecule has 0 saturated heterocycles. The highest BCUT2D eigenvalue weighted by atomic mass is 35.5. The van der Waals surface area contributed by atoms with Gasteiger partial charge in [0.1, 0.15) is 11.6 Å². The van der Waals surface area contributed by atoms with E-state index in [1.807, 2.05) is 18.2 Å². The molecule has 1 aromatic carbocycles. The lowest BCUT2D eigenvalue weighted by Crippen LogP contribution is -2.12. The number of aliphatic imine (C=N–C) groups is 1. The minimum atomic E-state index is 0.218. The van der Waals surface area contributed by atoms with Crippen molar-refractivity contribution in [1.82, 2.24) is 0 Å². The normalized spacial score (nSPS) is 11.2. The molecular weight excluding hydrogens is 212 g/mol. The SMILES string of the molecule is C=Cc1cc(N=C(N)CCl)ccc1OC. The second-order valence-electron chi connectivity index (χ2n) is 2.87. The number of nitrogens with zero attached hydrogens (tertiary/aromatic N) is 1. The van der Waals surface area contributed by atoms with Gasteiger partial charge in [-0.05, 0) is 18.2 Å². The molecule has 0 aliphatic heterocycles. The molecule has 0 amide bonds. The van der Waals surface area contributed by atoms with Gasteiger partial charge in [-0.15, -0.1) is 11.6 Å². The fraction of sp³-hybridized carbons (Fsp3) is 0.182. The minimum Gasteiger partial charge on any atom is -0.496 e. The second kappa shape index (κ2) is 5.41. The van der Waals surface area contributed by atoms with Crippen LogP contribution < -0.4 is 10.5 Å². The van der Waals surface area contributed by atoms with Crippen molar-refractivity contribution in [3.63, 3.8) is 0 Å². The molecule has 0 aromatic heterocycles. The number of halogens is 1. The van der Waals surface area contributed by atoms with Gasteiger partial charge in [0.2, 0.25) is 0 Å². The summed E-state index contributed by atoms with van der Waals surface area (Å²) >= 11 is 5.53. The van der Waals surface area contributed by atoms with Gasteiger partial charge in [0, 0.05) is 5.56 Å². The number of alkyl halides is 1. The molecule has 0 aliphatic rings. The monoisotopic (exact) mass is 224 g/mol. The molecule has 4 heteroatoms. The van der Waals surface area contributed by atoms with Crippen molar-refractivity contribution in [3.05, 3.63) is 30.3 Å². The molecule has 0 fully saturated rings. The summed E-state index contributed by atoms with van der Waals surface area (Å²) in [5, 5.41) is 0. The quantitative estimate of drug-likeness (QED) is 0.486.